The molecule has 0 aliphatic carbocycles. The zero-order valence-electron chi connectivity index (χ0n) is 14.8. The highest BCUT2D eigenvalue weighted by molar-refractivity contribution is 6.30. The Balaban J connectivity index is 1.52. The summed E-state index contributed by atoms with van der Waals surface area (Å²) in [5.74, 6) is 0.113. The first-order valence-electron chi connectivity index (χ1n) is 8.77. The molecular weight excluding hydrogens is 350 g/mol. The molecule has 5 nitrogen and oxygen atoms in total. The first kappa shape index (κ1) is 18.4. The summed E-state index contributed by atoms with van der Waals surface area (Å²) in [5, 5.41) is 3.61. The Hall–Kier alpha value is -2.37. The van der Waals surface area contributed by atoms with Gasteiger partial charge in [-0.15, -0.1) is 0 Å². The molecule has 0 aromatic heterocycles. The number of hydrogen-bond donors (Lipinski definition) is 2. The van der Waals surface area contributed by atoms with Crippen LogP contribution in [-0.2, 0) is 16.1 Å². The van der Waals surface area contributed by atoms with E-state index in [0.29, 0.717) is 18.0 Å². The van der Waals surface area contributed by atoms with Crippen molar-refractivity contribution in [3.63, 3.8) is 0 Å². The van der Waals surface area contributed by atoms with Crippen LogP contribution >= 0.6 is 11.6 Å². The highest BCUT2D eigenvalue weighted by atomic mass is 35.5. The summed E-state index contributed by atoms with van der Waals surface area (Å²) < 4.78 is 0. The number of likely N-dealkylation sites (N-methyl/N-ethyl adjacent to an activating group) is 1. The van der Waals surface area contributed by atoms with E-state index < -0.39 is 0 Å². The largest absolute Gasteiger partial charge is 0.326 e. The van der Waals surface area contributed by atoms with Gasteiger partial charge in [-0.05, 0) is 42.8 Å². The monoisotopic (exact) mass is 372 g/mol. The van der Waals surface area contributed by atoms with Gasteiger partial charge in [-0.1, -0.05) is 23.7 Å². The highest BCUT2D eigenvalue weighted by Crippen LogP contribution is 2.22. The molecule has 1 atom stereocenters. The van der Waals surface area contributed by atoms with Crippen LogP contribution in [0.5, 0.6) is 0 Å². The minimum absolute atomic E-state index is 0.0467. The van der Waals surface area contributed by atoms with Crippen molar-refractivity contribution in [2.24, 2.45) is 0 Å². The van der Waals surface area contributed by atoms with Crippen molar-refractivity contribution in [3.8, 4) is 0 Å². The standard InChI is InChI=1S/C20H22ClN3O2/c1-23(13-15-4-2-5-16(21)12-15)14-19(25)22-17-7-9-18(10-8-17)24-11-3-6-20(24)26/h2,4-5,7-10,12H,3,6,11,13-14H2,1H3,(H,22,25)/p+1. The Morgan fingerprint density at radius 3 is 2.65 bits per heavy atom. The fourth-order valence-electron chi connectivity index (χ4n) is 3.18. The molecule has 2 aromatic rings. The first-order chi connectivity index (χ1) is 12.5. The molecule has 0 saturated carbocycles. The van der Waals surface area contributed by atoms with Crippen LogP contribution in [0.15, 0.2) is 48.5 Å². The number of carbonyl (C=O) groups excluding carboxylic acids is 2. The second kappa shape index (κ2) is 8.34. The SMILES string of the molecule is C[NH+](CC(=O)Nc1ccc(N2CCCC2=O)cc1)Cc1cccc(Cl)c1. The van der Waals surface area contributed by atoms with Crippen molar-refractivity contribution in [1.82, 2.24) is 0 Å². The molecule has 6 heteroatoms. The van der Waals surface area contributed by atoms with Crippen molar-refractivity contribution in [2.45, 2.75) is 19.4 Å². The fourth-order valence-corrected chi connectivity index (χ4v) is 3.40. The number of hydrogen-bond acceptors (Lipinski definition) is 2. The Bertz CT molecular complexity index is 792. The summed E-state index contributed by atoms with van der Waals surface area (Å²) in [7, 11) is 1.97. The van der Waals surface area contributed by atoms with Crippen LogP contribution in [0.1, 0.15) is 18.4 Å². The van der Waals surface area contributed by atoms with Gasteiger partial charge < -0.3 is 15.1 Å². The molecule has 0 radical (unpaired) electrons. The minimum Gasteiger partial charge on any atom is -0.326 e. The second-order valence-corrected chi connectivity index (χ2v) is 7.12. The van der Waals surface area contributed by atoms with Gasteiger partial charge in [0.2, 0.25) is 5.91 Å². The molecule has 2 amide bonds. The minimum atomic E-state index is -0.0467. The summed E-state index contributed by atoms with van der Waals surface area (Å²) in [6, 6.07) is 15.1. The van der Waals surface area contributed by atoms with Gasteiger partial charge in [-0.3, -0.25) is 9.59 Å². The Labute approximate surface area is 158 Å². The molecule has 0 spiro atoms. The average molecular weight is 373 g/mol. The summed E-state index contributed by atoms with van der Waals surface area (Å²) in [4.78, 5) is 26.9. The third-order valence-corrected chi connectivity index (χ3v) is 4.63. The Morgan fingerprint density at radius 2 is 2.00 bits per heavy atom. The number of carbonyl (C=O) groups is 2. The zero-order chi connectivity index (χ0) is 18.5. The van der Waals surface area contributed by atoms with Crippen molar-refractivity contribution >= 4 is 34.8 Å². The van der Waals surface area contributed by atoms with Gasteiger partial charge in [0.1, 0.15) is 6.54 Å². The van der Waals surface area contributed by atoms with Crippen molar-refractivity contribution in [2.75, 3.05) is 30.4 Å². The van der Waals surface area contributed by atoms with E-state index in [2.05, 4.69) is 5.32 Å². The number of amides is 2. The summed E-state index contributed by atoms with van der Waals surface area (Å²) in [6.07, 6.45) is 1.51. The third-order valence-electron chi connectivity index (χ3n) is 4.39. The molecule has 0 bridgehead atoms. The predicted molar refractivity (Wildman–Crippen MR) is 104 cm³/mol. The maximum absolute atomic E-state index is 12.3. The van der Waals surface area contributed by atoms with Crippen LogP contribution in [0, 0.1) is 0 Å². The highest BCUT2D eigenvalue weighted by Gasteiger charge is 2.21. The number of benzene rings is 2. The molecule has 1 unspecified atom stereocenters. The maximum atomic E-state index is 12.3. The normalized spacial score (nSPS) is 15.2. The quantitative estimate of drug-likeness (QED) is 0.816. The molecule has 1 aliphatic heterocycles. The molecule has 26 heavy (non-hydrogen) atoms. The van der Waals surface area contributed by atoms with Crippen LogP contribution in [0.25, 0.3) is 0 Å². The molecule has 2 N–H and O–H groups in total. The number of quaternary nitrogens is 1. The molecule has 2 aromatic carbocycles. The van der Waals surface area contributed by atoms with Gasteiger partial charge in [0, 0.05) is 34.9 Å². The van der Waals surface area contributed by atoms with E-state index in [1.807, 2.05) is 55.6 Å². The number of halogens is 1. The van der Waals surface area contributed by atoms with E-state index in [-0.39, 0.29) is 11.8 Å². The first-order valence-corrected chi connectivity index (χ1v) is 9.15. The fraction of sp³-hybridized carbons (Fsp3) is 0.300. The predicted octanol–water partition coefficient (Wildman–Crippen LogP) is 2.12. The van der Waals surface area contributed by atoms with Crippen molar-refractivity contribution < 1.29 is 14.5 Å². The van der Waals surface area contributed by atoms with Gasteiger partial charge in [-0.25, -0.2) is 0 Å². The number of nitrogens with zero attached hydrogens (tertiary/aromatic N) is 1. The van der Waals surface area contributed by atoms with Gasteiger partial charge in [0.05, 0.1) is 7.05 Å². The van der Waals surface area contributed by atoms with E-state index in [0.717, 1.165) is 41.3 Å². The van der Waals surface area contributed by atoms with Gasteiger partial charge in [-0.2, -0.15) is 0 Å². The second-order valence-electron chi connectivity index (χ2n) is 6.68. The lowest BCUT2D eigenvalue weighted by Gasteiger charge is -2.17. The lowest BCUT2D eigenvalue weighted by Crippen LogP contribution is -3.08. The summed E-state index contributed by atoms with van der Waals surface area (Å²) in [6.45, 7) is 1.85. The topological polar surface area (TPSA) is 53.9 Å². The molecule has 1 heterocycles. The third kappa shape index (κ3) is 4.84. The molecule has 3 rings (SSSR count). The van der Waals surface area contributed by atoms with E-state index in [1.54, 1.807) is 4.90 Å². The molecule has 1 aliphatic rings. The van der Waals surface area contributed by atoms with Crippen LogP contribution in [0.4, 0.5) is 11.4 Å². The number of rotatable bonds is 6. The Kier molecular flexibility index (Phi) is 5.91. The Morgan fingerprint density at radius 1 is 1.23 bits per heavy atom. The summed E-state index contributed by atoms with van der Waals surface area (Å²) in [5.41, 5.74) is 2.72. The molecule has 1 fully saturated rings. The van der Waals surface area contributed by atoms with Gasteiger partial charge in [0.15, 0.2) is 6.54 Å². The van der Waals surface area contributed by atoms with Gasteiger partial charge >= 0.3 is 0 Å². The number of anilines is 2. The lowest BCUT2D eigenvalue weighted by atomic mass is 10.2. The van der Waals surface area contributed by atoms with Crippen LogP contribution in [0.3, 0.4) is 0 Å². The van der Waals surface area contributed by atoms with E-state index >= 15 is 0 Å². The van der Waals surface area contributed by atoms with Gasteiger partial charge in [0.25, 0.3) is 5.91 Å². The van der Waals surface area contributed by atoms with E-state index in [9.17, 15) is 9.59 Å². The molecule has 136 valence electrons. The van der Waals surface area contributed by atoms with Crippen LogP contribution in [0.2, 0.25) is 5.02 Å². The zero-order valence-corrected chi connectivity index (χ0v) is 15.6. The van der Waals surface area contributed by atoms with E-state index in [1.165, 1.54) is 0 Å². The van der Waals surface area contributed by atoms with Crippen LogP contribution < -0.4 is 15.1 Å². The molecule has 1 saturated heterocycles. The average Bonchev–Trinajstić information content (AvgIpc) is 3.01. The van der Waals surface area contributed by atoms with E-state index in [4.69, 9.17) is 11.6 Å². The number of nitrogens with one attached hydrogen (secondary N) is 2. The van der Waals surface area contributed by atoms with Crippen molar-refractivity contribution in [3.05, 3.63) is 59.1 Å². The smallest absolute Gasteiger partial charge is 0.279 e. The summed E-state index contributed by atoms with van der Waals surface area (Å²) >= 11 is 6.00. The maximum Gasteiger partial charge on any atom is 0.279 e. The van der Waals surface area contributed by atoms with Crippen LogP contribution in [-0.4, -0.2) is 32.0 Å². The molecular formula is C20H23ClN3O2+. The van der Waals surface area contributed by atoms with Crippen molar-refractivity contribution in [1.29, 1.82) is 0 Å². The lowest BCUT2D eigenvalue weighted by molar-refractivity contribution is -0.885.